The predicted octanol–water partition coefficient (Wildman–Crippen LogP) is 4.21. The molecule has 1 fully saturated rings. The first kappa shape index (κ1) is 16.3. The number of thiocarbonyl (C=S) groups is 1. The van der Waals surface area contributed by atoms with Gasteiger partial charge in [0.15, 0.2) is 5.11 Å². The van der Waals surface area contributed by atoms with E-state index in [1.165, 1.54) is 24.0 Å². The van der Waals surface area contributed by atoms with Gasteiger partial charge in [0.2, 0.25) is 0 Å². The fourth-order valence-corrected chi connectivity index (χ4v) is 2.86. The maximum absolute atomic E-state index is 5.43. The van der Waals surface area contributed by atoms with Gasteiger partial charge < -0.3 is 10.6 Å². The van der Waals surface area contributed by atoms with Crippen molar-refractivity contribution in [1.29, 1.82) is 0 Å². The van der Waals surface area contributed by atoms with Crippen molar-refractivity contribution in [3.05, 3.63) is 35.4 Å². The molecule has 1 atom stereocenters. The molecule has 0 spiro atoms. The van der Waals surface area contributed by atoms with Crippen molar-refractivity contribution in [3.63, 3.8) is 0 Å². The molecule has 2 N–H and O–H groups in total. The molecule has 1 aromatic rings. The van der Waals surface area contributed by atoms with Gasteiger partial charge in [-0.1, -0.05) is 52.0 Å². The molecule has 1 saturated carbocycles. The van der Waals surface area contributed by atoms with E-state index in [4.69, 9.17) is 12.2 Å². The van der Waals surface area contributed by atoms with Crippen LogP contribution in [0.2, 0.25) is 0 Å². The molecule has 0 heterocycles. The third-order valence-electron chi connectivity index (χ3n) is 3.85. The van der Waals surface area contributed by atoms with Crippen LogP contribution in [0.4, 0.5) is 0 Å². The van der Waals surface area contributed by atoms with Crippen LogP contribution in [-0.2, 0) is 6.42 Å². The topological polar surface area (TPSA) is 24.1 Å². The Kier molecular flexibility index (Phi) is 5.63. The molecule has 1 aromatic carbocycles. The highest BCUT2D eigenvalue weighted by Crippen LogP contribution is 2.23. The van der Waals surface area contributed by atoms with Gasteiger partial charge in [0.25, 0.3) is 0 Å². The van der Waals surface area contributed by atoms with Crippen LogP contribution in [0.1, 0.15) is 57.7 Å². The third-order valence-corrected chi connectivity index (χ3v) is 4.08. The van der Waals surface area contributed by atoms with Crippen molar-refractivity contribution in [2.45, 2.75) is 59.0 Å². The molecular formula is C18H28N2S. The van der Waals surface area contributed by atoms with Gasteiger partial charge in [0, 0.05) is 6.04 Å². The van der Waals surface area contributed by atoms with Gasteiger partial charge in [0.1, 0.15) is 0 Å². The van der Waals surface area contributed by atoms with Crippen LogP contribution in [0.5, 0.6) is 0 Å². The molecule has 0 saturated heterocycles. The zero-order valence-corrected chi connectivity index (χ0v) is 14.5. The van der Waals surface area contributed by atoms with E-state index in [-0.39, 0.29) is 6.04 Å². The van der Waals surface area contributed by atoms with Crippen LogP contribution in [0.3, 0.4) is 0 Å². The summed E-state index contributed by atoms with van der Waals surface area (Å²) in [6.07, 6.45) is 3.64. The Morgan fingerprint density at radius 2 is 1.76 bits per heavy atom. The second-order valence-electron chi connectivity index (χ2n) is 6.95. The molecule has 0 unspecified atom stereocenters. The number of benzene rings is 1. The van der Waals surface area contributed by atoms with E-state index in [9.17, 15) is 0 Å². The van der Waals surface area contributed by atoms with Gasteiger partial charge in [-0.05, 0) is 54.4 Å². The predicted molar refractivity (Wildman–Crippen MR) is 94.5 cm³/mol. The van der Waals surface area contributed by atoms with Gasteiger partial charge in [-0.3, -0.25) is 0 Å². The molecule has 2 nitrogen and oxygen atoms in total. The highest BCUT2D eigenvalue weighted by Gasteiger charge is 2.23. The average molecular weight is 305 g/mol. The Morgan fingerprint density at radius 3 is 2.24 bits per heavy atom. The van der Waals surface area contributed by atoms with Crippen LogP contribution in [0.15, 0.2) is 24.3 Å². The zero-order chi connectivity index (χ0) is 15.4. The molecule has 0 aromatic heterocycles. The van der Waals surface area contributed by atoms with Crippen molar-refractivity contribution in [3.8, 4) is 0 Å². The second kappa shape index (κ2) is 7.26. The summed E-state index contributed by atoms with van der Waals surface area (Å²) < 4.78 is 0. The molecule has 0 radical (unpaired) electrons. The number of hydrogen-bond acceptors (Lipinski definition) is 1. The minimum atomic E-state index is 0.275. The number of nitrogens with one attached hydrogen (secondary N) is 2. The van der Waals surface area contributed by atoms with Crippen molar-refractivity contribution in [1.82, 2.24) is 10.6 Å². The molecule has 1 aliphatic carbocycles. The molecule has 0 amide bonds. The lowest BCUT2D eigenvalue weighted by atomic mass is 9.94. The van der Waals surface area contributed by atoms with Crippen molar-refractivity contribution < 1.29 is 0 Å². The Morgan fingerprint density at radius 1 is 1.14 bits per heavy atom. The summed E-state index contributed by atoms with van der Waals surface area (Å²) in [5.41, 5.74) is 2.73. The first-order valence-electron chi connectivity index (χ1n) is 8.11. The normalized spacial score (nSPS) is 16.1. The fourth-order valence-electron chi connectivity index (χ4n) is 2.56. The maximum Gasteiger partial charge on any atom is 0.167 e. The molecule has 116 valence electrons. The molecule has 2 rings (SSSR count). The highest BCUT2D eigenvalue weighted by atomic mass is 32.1. The monoisotopic (exact) mass is 304 g/mol. The van der Waals surface area contributed by atoms with E-state index < -0.39 is 0 Å². The number of rotatable bonds is 6. The first-order valence-corrected chi connectivity index (χ1v) is 8.52. The SMILES string of the molecule is CC(C)Cc1ccc([C@H](NC(=S)NC2CC2)C(C)C)cc1. The summed E-state index contributed by atoms with van der Waals surface area (Å²) in [6, 6.07) is 9.88. The largest absolute Gasteiger partial charge is 0.360 e. The zero-order valence-electron chi connectivity index (χ0n) is 13.6. The van der Waals surface area contributed by atoms with E-state index in [1.807, 2.05) is 0 Å². The van der Waals surface area contributed by atoms with Crippen LogP contribution >= 0.6 is 12.2 Å². The lowest BCUT2D eigenvalue weighted by Crippen LogP contribution is -2.40. The van der Waals surface area contributed by atoms with Crippen LogP contribution < -0.4 is 10.6 Å². The Labute approximate surface area is 134 Å². The summed E-state index contributed by atoms with van der Waals surface area (Å²) in [5, 5.41) is 7.65. The molecule has 3 heteroatoms. The fraction of sp³-hybridized carbons (Fsp3) is 0.611. The van der Waals surface area contributed by atoms with Crippen LogP contribution in [0, 0.1) is 11.8 Å². The standard InChI is InChI=1S/C18H28N2S/c1-12(2)11-14-5-7-15(8-6-14)17(13(3)4)20-18(21)19-16-9-10-16/h5-8,12-13,16-17H,9-11H2,1-4H3,(H2,19,20,21)/t17-/m1/s1. The second-order valence-corrected chi connectivity index (χ2v) is 7.36. The lowest BCUT2D eigenvalue weighted by molar-refractivity contribution is 0.468. The smallest absolute Gasteiger partial charge is 0.167 e. The van der Waals surface area contributed by atoms with E-state index >= 15 is 0 Å². The molecule has 21 heavy (non-hydrogen) atoms. The maximum atomic E-state index is 5.43. The van der Waals surface area contributed by atoms with E-state index in [0.717, 1.165) is 11.5 Å². The molecule has 0 aliphatic heterocycles. The quantitative estimate of drug-likeness (QED) is 0.770. The minimum absolute atomic E-state index is 0.275. The Balaban J connectivity index is 2.00. The minimum Gasteiger partial charge on any atom is -0.360 e. The van der Waals surface area contributed by atoms with Crippen molar-refractivity contribution >= 4 is 17.3 Å². The van der Waals surface area contributed by atoms with Gasteiger partial charge in [0.05, 0.1) is 6.04 Å². The number of hydrogen-bond donors (Lipinski definition) is 2. The third kappa shape index (κ3) is 5.31. The van der Waals surface area contributed by atoms with E-state index in [1.54, 1.807) is 0 Å². The summed E-state index contributed by atoms with van der Waals surface area (Å²) >= 11 is 5.43. The average Bonchev–Trinajstić information content (AvgIpc) is 3.20. The molecular weight excluding hydrogens is 276 g/mol. The summed E-state index contributed by atoms with van der Waals surface area (Å²) in [5.74, 6) is 1.20. The van der Waals surface area contributed by atoms with Crippen LogP contribution in [-0.4, -0.2) is 11.2 Å². The summed E-state index contributed by atoms with van der Waals surface area (Å²) in [4.78, 5) is 0. The van der Waals surface area contributed by atoms with E-state index in [0.29, 0.717) is 17.9 Å². The van der Waals surface area contributed by atoms with Gasteiger partial charge >= 0.3 is 0 Å². The lowest BCUT2D eigenvalue weighted by Gasteiger charge is -2.25. The van der Waals surface area contributed by atoms with Crippen molar-refractivity contribution in [2.24, 2.45) is 11.8 Å². The summed E-state index contributed by atoms with van der Waals surface area (Å²) in [6.45, 7) is 8.99. The Bertz CT molecular complexity index is 461. The van der Waals surface area contributed by atoms with Gasteiger partial charge in [-0.2, -0.15) is 0 Å². The Hall–Kier alpha value is -1.09. The van der Waals surface area contributed by atoms with Gasteiger partial charge in [-0.25, -0.2) is 0 Å². The highest BCUT2D eigenvalue weighted by molar-refractivity contribution is 7.80. The van der Waals surface area contributed by atoms with E-state index in [2.05, 4.69) is 62.6 Å². The van der Waals surface area contributed by atoms with Gasteiger partial charge in [-0.15, -0.1) is 0 Å². The molecule has 0 bridgehead atoms. The van der Waals surface area contributed by atoms with Crippen molar-refractivity contribution in [2.75, 3.05) is 0 Å². The molecule has 1 aliphatic rings. The first-order chi connectivity index (χ1) is 9.95. The summed E-state index contributed by atoms with van der Waals surface area (Å²) in [7, 11) is 0. The van der Waals surface area contributed by atoms with Crippen LogP contribution in [0.25, 0.3) is 0 Å².